The van der Waals surface area contributed by atoms with Gasteiger partial charge in [-0.1, -0.05) is 23.7 Å². The molecule has 162 valence electrons. The lowest BCUT2D eigenvalue weighted by atomic mass is 10.0. The maximum atomic E-state index is 12.8. The van der Waals surface area contributed by atoms with Crippen LogP contribution in [-0.2, 0) is 14.6 Å². The molecule has 30 heavy (non-hydrogen) atoms. The zero-order valence-electron chi connectivity index (χ0n) is 17.0. The number of carbonyl (C=O) groups is 1. The van der Waals surface area contributed by atoms with E-state index in [1.54, 1.807) is 30.3 Å². The Morgan fingerprint density at radius 2 is 1.80 bits per heavy atom. The molecule has 2 aliphatic heterocycles. The van der Waals surface area contributed by atoms with E-state index in [2.05, 4.69) is 10.2 Å². The Hall–Kier alpha value is -1.67. The summed E-state index contributed by atoms with van der Waals surface area (Å²) in [5.41, 5.74) is 0. The van der Waals surface area contributed by atoms with E-state index >= 15 is 0 Å². The molecule has 1 amide bonds. The summed E-state index contributed by atoms with van der Waals surface area (Å²) in [6.07, 6.45) is 3.09. The van der Waals surface area contributed by atoms with Gasteiger partial charge in [0.05, 0.1) is 10.6 Å². The summed E-state index contributed by atoms with van der Waals surface area (Å²) < 4.78 is 25.6. The van der Waals surface area contributed by atoms with Crippen molar-refractivity contribution in [2.45, 2.75) is 36.6 Å². The number of hydrogen-bond donors (Lipinski definition) is 1. The van der Waals surface area contributed by atoms with Crippen molar-refractivity contribution in [3.63, 3.8) is 0 Å². The van der Waals surface area contributed by atoms with Crippen LogP contribution in [0.5, 0.6) is 0 Å². The fourth-order valence-electron chi connectivity index (χ4n) is 4.39. The van der Waals surface area contributed by atoms with Gasteiger partial charge >= 0.3 is 0 Å². The van der Waals surface area contributed by atoms with Gasteiger partial charge in [-0.15, -0.1) is 0 Å². The molecular weight excluding hydrogens is 422 g/mol. The van der Waals surface area contributed by atoms with Crippen molar-refractivity contribution in [1.29, 1.82) is 0 Å². The Bertz CT molecular complexity index is 1010. The second kappa shape index (κ2) is 9.22. The van der Waals surface area contributed by atoms with Gasteiger partial charge in [0.1, 0.15) is 0 Å². The molecule has 2 fully saturated rings. The maximum Gasteiger partial charge on any atom is 0.223 e. The monoisotopic (exact) mass is 449 g/mol. The molecular formula is C22H28ClN3O3S. The number of piperidine rings is 1. The first-order valence-corrected chi connectivity index (χ1v) is 12.6. The van der Waals surface area contributed by atoms with Crippen molar-refractivity contribution in [3.8, 4) is 0 Å². The van der Waals surface area contributed by atoms with Crippen LogP contribution in [0.2, 0.25) is 5.02 Å². The summed E-state index contributed by atoms with van der Waals surface area (Å²) in [5, 5.41) is 5.73. The summed E-state index contributed by atoms with van der Waals surface area (Å²) >= 11 is 5.99. The number of nitrogens with one attached hydrogen (secondary N) is 1. The first-order valence-electron chi connectivity index (χ1n) is 10.6. The van der Waals surface area contributed by atoms with Crippen LogP contribution in [0, 0.1) is 0 Å². The van der Waals surface area contributed by atoms with E-state index in [4.69, 9.17) is 11.6 Å². The lowest BCUT2D eigenvalue weighted by Crippen LogP contribution is -2.52. The third-order valence-electron chi connectivity index (χ3n) is 6.16. The molecule has 8 heteroatoms. The van der Waals surface area contributed by atoms with Crippen molar-refractivity contribution in [2.24, 2.45) is 0 Å². The number of benzene rings is 2. The van der Waals surface area contributed by atoms with E-state index in [9.17, 15) is 13.2 Å². The number of amides is 1. The summed E-state index contributed by atoms with van der Waals surface area (Å²) in [6, 6.07) is 10.9. The smallest absolute Gasteiger partial charge is 0.223 e. The van der Waals surface area contributed by atoms with Gasteiger partial charge in [0.15, 0.2) is 9.84 Å². The van der Waals surface area contributed by atoms with Crippen molar-refractivity contribution in [1.82, 2.24) is 15.1 Å². The fourth-order valence-corrected chi connectivity index (χ4v) is 5.83. The molecule has 0 aliphatic carbocycles. The Balaban J connectivity index is 1.32. The minimum atomic E-state index is -3.52. The average molecular weight is 450 g/mol. The van der Waals surface area contributed by atoms with Crippen LogP contribution in [0.15, 0.2) is 41.3 Å². The zero-order valence-corrected chi connectivity index (χ0v) is 18.6. The highest BCUT2D eigenvalue weighted by molar-refractivity contribution is 7.91. The molecule has 4 rings (SSSR count). The van der Waals surface area contributed by atoms with Gasteiger partial charge in [-0.2, -0.15) is 0 Å². The van der Waals surface area contributed by atoms with Crippen molar-refractivity contribution >= 4 is 38.1 Å². The molecule has 1 N–H and O–H groups in total. The van der Waals surface area contributed by atoms with Crippen LogP contribution >= 0.6 is 11.6 Å². The SMILES string of the molecule is O=C(CCS(=O)(=O)c1ccc2cc(Cl)ccc2c1)N1CCC(N2CCCNC2)CC1. The highest BCUT2D eigenvalue weighted by Gasteiger charge is 2.28. The van der Waals surface area contributed by atoms with E-state index in [-0.39, 0.29) is 23.0 Å². The number of nitrogens with zero attached hydrogens (tertiary/aromatic N) is 2. The molecule has 0 bridgehead atoms. The van der Waals surface area contributed by atoms with Crippen LogP contribution in [0.1, 0.15) is 25.7 Å². The Morgan fingerprint density at radius 1 is 1.07 bits per heavy atom. The first-order chi connectivity index (χ1) is 14.4. The summed E-state index contributed by atoms with van der Waals surface area (Å²) in [7, 11) is -3.52. The van der Waals surface area contributed by atoms with Crippen molar-refractivity contribution in [3.05, 3.63) is 41.4 Å². The van der Waals surface area contributed by atoms with E-state index < -0.39 is 9.84 Å². The van der Waals surface area contributed by atoms with Crippen LogP contribution in [0.25, 0.3) is 10.8 Å². The minimum Gasteiger partial charge on any atom is -0.343 e. The first kappa shape index (κ1) is 21.6. The molecule has 2 aliphatic rings. The molecule has 0 aromatic heterocycles. The number of halogens is 1. The summed E-state index contributed by atoms with van der Waals surface area (Å²) in [6.45, 7) is 4.53. The Morgan fingerprint density at radius 3 is 2.53 bits per heavy atom. The fraction of sp³-hybridized carbons (Fsp3) is 0.500. The number of carbonyl (C=O) groups excluding carboxylic acids is 1. The molecule has 6 nitrogen and oxygen atoms in total. The molecule has 0 saturated carbocycles. The minimum absolute atomic E-state index is 0.0247. The maximum absolute atomic E-state index is 12.8. The number of hydrogen-bond acceptors (Lipinski definition) is 5. The van der Waals surface area contributed by atoms with Gasteiger partial charge in [0, 0.05) is 43.8 Å². The number of fused-ring (bicyclic) bond motifs is 1. The van der Waals surface area contributed by atoms with Crippen molar-refractivity contribution < 1.29 is 13.2 Å². The number of rotatable bonds is 5. The number of sulfone groups is 1. The van der Waals surface area contributed by atoms with E-state index in [1.807, 2.05) is 11.0 Å². The van der Waals surface area contributed by atoms with E-state index in [0.717, 1.165) is 43.4 Å². The topological polar surface area (TPSA) is 69.7 Å². The summed E-state index contributed by atoms with van der Waals surface area (Å²) in [4.78, 5) is 17.2. The van der Waals surface area contributed by atoms with Crippen molar-refractivity contribution in [2.75, 3.05) is 38.6 Å². The molecule has 0 unspecified atom stereocenters. The quantitative estimate of drug-likeness (QED) is 0.760. The molecule has 0 spiro atoms. The van der Waals surface area contributed by atoms with Gasteiger partial charge < -0.3 is 10.2 Å². The lowest BCUT2D eigenvalue weighted by molar-refractivity contribution is -0.132. The lowest BCUT2D eigenvalue weighted by Gasteiger charge is -2.40. The third-order valence-corrected chi connectivity index (χ3v) is 8.11. The molecule has 2 saturated heterocycles. The molecule has 2 aromatic rings. The Labute approximate surface area is 183 Å². The van der Waals surface area contributed by atoms with Gasteiger partial charge in [-0.05, 0) is 60.8 Å². The molecule has 2 heterocycles. The van der Waals surface area contributed by atoms with Crippen LogP contribution in [0.4, 0.5) is 0 Å². The summed E-state index contributed by atoms with van der Waals surface area (Å²) in [5.74, 6) is -0.234. The largest absolute Gasteiger partial charge is 0.343 e. The van der Waals surface area contributed by atoms with Crippen LogP contribution in [-0.4, -0.2) is 68.8 Å². The standard InChI is InChI=1S/C22H28ClN3O3S/c23-19-4-2-18-15-21(5-3-17(18)14-19)30(28,29)13-8-22(27)25-11-6-20(7-12-25)26-10-1-9-24-16-26/h2-5,14-15,20,24H,1,6-13,16H2. The zero-order chi connectivity index (χ0) is 21.1. The van der Waals surface area contributed by atoms with Gasteiger partial charge in [-0.3, -0.25) is 9.69 Å². The highest BCUT2D eigenvalue weighted by Crippen LogP contribution is 2.24. The second-order valence-corrected chi connectivity index (χ2v) is 10.7. The second-order valence-electron chi connectivity index (χ2n) is 8.16. The molecule has 0 atom stereocenters. The molecule has 0 radical (unpaired) electrons. The van der Waals surface area contributed by atoms with E-state index in [1.165, 1.54) is 6.42 Å². The van der Waals surface area contributed by atoms with Crippen LogP contribution in [0.3, 0.4) is 0 Å². The predicted octanol–water partition coefficient (Wildman–Crippen LogP) is 2.90. The third kappa shape index (κ3) is 4.97. The molecule has 2 aromatic carbocycles. The predicted molar refractivity (Wildman–Crippen MR) is 119 cm³/mol. The Kier molecular flexibility index (Phi) is 6.63. The normalized spacial score (nSPS) is 19.3. The average Bonchev–Trinajstić information content (AvgIpc) is 2.78. The highest BCUT2D eigenvalue weighted by atomic mass is 35.5. The number of likely N-dealkylation sites (tertiary alicyclic amines) is 1. The van der Waals surface area contributed by atoms with Crippen LogP contribution < -0.4 is 5.32 Å². The van der Waals surface area contributed by atoms with E-state index in [0.29, 0.717) is 24.2 Å². The van der Waals surface area contributed by atoms with Gasteiger partial charge in [-0.25, -0.2) is 8.42 Å². The van der Waals surface area contributed by atoms with Gasteiger partial charge in [0.25, 0.3) is 0 Å². The van der Waals surface area contributed by atoms with Gasteiger partial charge in [0.2, 0.25) is 5.91 Å².